The SMILES string of the molecule is CCOC(=O)c1c(O)ccc(NC(=O)OC(C)(C)C)c1C(=O)O. The molecule has 0 fully saturated rings. The Hall–Kier alpha value is -2.77. The van der Waals surface area contributed by atoms with Crippen LogP contribution in [0.3, 0.4) is 0 Å². The van der Waals surface area contributed by atoms with Gasteiger partial charge in [0, 0.05) is 0 Å². The minimum absolute atomic E-state index is 0.00105. The molecule has 3 N–H and O–H groups in total. The minimum atomic E-state index is -1.50. The molecule has 8 nitrogen and oxygen atoms in total. The third-order valence-electron chi connectivity index (χ3n) is 2.51. The molecule has 0 spiro atoms. The van der Waals surface area contributed by atoms with Crippen molar-refractivity contribution in [3.05, 3.63) is 23.3 Å². The van der Waals surface area contributed by atoms with Gasteiger partial charge in [-0.05, 0) is 39.8 Å². The van der Waals surface area contributed by atoms with Crippen LogP contribution < -0.4 is 5.32 Å². The highest BCUT2D eigenvalue weighted by atomic mass is 16.6. The van der Waals surface area contributed by atoms with E-state index in [1.807, 2.05) is 0 Å². The van der Waals surface area contributed by atoms with Crippen LogP contribution in [0.2, 0.25) is 0 Å². The lowest BCUT2D eigenvalue weighted by Crippen LogP contribution is -2.28. The Morgan fingerprint density at radius 3 is 2.26 bits per heavy atom. The Balaban J connectivity index is 3.28. The lowest BCUT2D eigenvalue weighted by Gasteiger charge is -2.20. The number of ether oxygens (including phenoxy) is 2. The molecule has 126 valence electrons. The summed E-state index contributed by atoms with van der Waals surface area (Å²) in [6, 6.07) is 2.25. The van der Waals surface area contributed by atoms with Gasteiger partial charge in [0.2, 0.25) is 0 Å². The fraction of sp³-hybridized carbons (Fsp3) is 0.400. The number of aromatic hydroxyl groups is 1. The molecule has 1 aromatic carbocycles. The molecule has 0 saturated carbocycles. The predicted octanol–water partition coefficient (Wildman–Crippen LogP) is 2.61. The molecule has 0 aromatic heterocycles. The topological polar surface area (TPSA) is 122 Å². The Labute approximate surface area is 133 Å². The van der Waals surface area contributed by atoms with Gasteiger partial charge in [0.25, 0.3) is 0 Å². The molecule has 0 atom stereocenters. The van der Waals surface area contributed by atoms with Crippen molar-refractivity contribution in [3.63, 3.8) is 0 Å². The zero-order valence-electron chi connectivity index (χ0n) is 13.3. The molecule has 1 aromatic rings. The molecule has 0 radical (unpaired) electrons. The van der Waals surface area contributed by atoms with Gasteiger partial charge in [0.15, 0.2) is 0 Å². The lowest BCUT2D eigenvalue weighted by molar-refractivity contribution is 0.0509. The van der Waals surface area contributed by atoms with Crippen LogP contribution in [0.25, 0.3) is 0 Å². The molecule has 0 bridgehead atoms. The highest BCUT2D eigenvalue weighted by Crippen LogP contribution is 2.29. The van der Waals surface area contributed by atoms with Gasteiger partial charge in [-0.25, -0.2) is 14.4 Å². The number of rotatable bonds is 4. The molecule has 0 saturated heterocycles. The maximum Gasteiger partial charge on any atom is 0.412 e. The lowest BCUT2D eigenvalue weighted by atomic mass is 10.0. The Bertz CT molecular complexity index is 631. The summed E-state index contributed by atoms with van der Waals surface area (Å²) in [6.45, 7) is 6.47. The number of hydrogen-bond acceptors (Lipinski definition) is 6. The summed E-state index contributed by atoms with van der Waals surface area (Å²) in [5, 5.41) is 21.3. The van der Waals surface area contributed by atoms with Crippen molar-refractivity contribution < 1.29 is 34.1 Å². The second kappa shape index (κ2) is 6.99. The van der Waals surface area contributed by atoms with E-state index in [1.165, 1.54) is 6.92 Å². The maximum atomic E-state index is 11.9. The van der Waals surface area contributed by atoms with Gasteiger partial charge in [-0.3, -0.25) is 5.32 Å². The monoisotopic (exact) mass is 325 g/mol. The summed E-state index contributed by atoms with van der Waals surface area (Å²) in [5.74, 6) is -3.07. The van der Waals surface area contributed by atoms with E-state index in [2.05, 4.69) is 5.32 Å². The fourth-order valence-electron chi connectivity index (χ4n) is 1.74. The number of carboxylic acids is 1. The van der Waals surface area contributed by atoms with Crippen LogP contribution in [0.4, 0.5) is 10.5 Å². The van der Waals surface area contributed by atoms with Crippen LogP contribution in [0.5, 0.6) is 5.75 Å². The first-order chi connectivity index (χ1) is 10.6. The first-order valence-corrected chi connectivity index (χ1v) is 6.83. The Morgan fingerprint density at radius 1 is 1.17 bits per heavy atom. The van der Waals surface area contributed by atoms with Crippen molar-refractivity contribution in [1.29, 1.82) is 0 Å². The van der Waals surface area contributed by atoms with Crippen LogP contribution in [0.15, 0.2) is 12.1 Å². The summed E-state index contributed by atoms with van der Waals surface area (Å²) < 4.78 is 9.77. The summed E-state index contributed by atoms with van der Waals surface area (Å²) >= 11 is 0. The molecular formula is C15H19NO7. The van der Waals surface area contributed by atoms with Crippen LogP contribution in [0.1, 0.15) is 48.4 Å². The third kappa shape index (κ3) is 4.87. The number of phenolic OH excluding ortho intramolecular Hbond substituents is 1. The molecule has 0 unspecified atom stereocenters. The van der Waals surface area contributed by atoms with E-state index in [-0.39, 0.29) is 12.3 Å². The summed E-state index contributed by atoms with van der Waals surface area (Å²) in [7, 11) is 0. The average molecular weight is 325 g/mol. The summed E-state index contributed by atoms with van der Waals surface area (Å²) in [4.78, 5) is 35.1. The van der Waals surface area contributed by atoms with E-state index in [0.29, 0.717) is 0 Å². The van der Waals surface area contributed by atoms with Gasteiger partial charge in [-0.1, -0.05) is 0 Å². The summed E-state index contributed by atoms with van der Waals surface area (Å²) in [5.41, 5.74) is -2.08. The molecule has 0 aliphatic rings. The Kier molecular flexibility index (Phi) is 5.56. The van der Waals surface area contributed by atoms with E-state index in [0.717, 1.165) is 12.1 Å². The van der Waals surface area contributed by atoms with Crippen LogP contribution in [0, 0.1) is 0 Å². The fourth-order valence-corrected chi connectivity index (χ4v) is 1.74. The van der Waals surface area contributed by atoms with Gasteiger partial charge in [-0.15, -0.1) is 0 Å². The Morgan fingerprint density at radius 2 is 1.78 bits per heavy atom. The number of hydrogen-bond donors (Lipinski definition) is 3. The molecule has 1 amide bonds. The smallest absolute Gasteiger partial charge is 0.412 e. The molecule has 1 rings (SSSR count). The largest absolute Gasteiger partial charge is 0.507 e. The molecule has 0 aliphatic carbocycles. The minimum Gasteiger partial charge on any atom is -0.507 e. The van der Waals surface area contributed by atoms with Crippen molar-refractivity contribution in [2.45, 2.75) is 33.3 Å². The second-order valence-electron chi connectivity index (χ2n) is 5.53. The molecular weight excluding hydrogens is 306 g/mol. The second-order valence-corrected chi connectivity index (χ2v) is 5.53. The van der Waals surface area contributed by atoms with Crippen LogP contribution >= 0.6 is 0 Å². The normalized spacial score (nSPS) is 10.8. The number of carboxylic acid groups (broad SMARTS) is 1. The number of benzene rings is 1. The number of carbonyl (C=O) groups excluding carboxylic acids is 2. The first kappa shape index (κ1) is 18.3. The highest BCUT2D eigenvalue weighted by molar-refractivity contribution is 6.09. The van der Waals surface area contributed by atoms with Gasteiger partial charge >= 0.3 is 18.0 Å². The van der Waals surface area contributed by atoms with Crippen LogP contribution in [-0.2, 0) is 9.47 Å². The standard InChI is InChI=1S/C15H19NO7/c1-5-22-13(20)11-9(17)7-6-8(10(11)12(18)19)16-14(21)23-15(2,3)4/h6-7,17H,5H2,1-4H3,(H,16,21)(H,18,19). The van der Waals surface area contributed by atoms with E-state index >= 15 is 0 Å². The van der Waals surface area contributed by atoms with Crippen LogP contribution in [-0.4, -0.2) is 40.5 Å². The number of carbonyl (C=O) groups is 3. The van der Waals surface area contributed by atoms with Crippen molar-refractivity contribution in [2.24, 2.45) is 0 Å². The van der Waals surface area contributed by atoms with Crippen molar-refractivity contribution in [1.82, 2.24) is 0 Å². The third-order valence-corrected chi connectivity index (χ3v) is 2.51. The van der Waals surface area contributed by atoms with Gasteiger partial charge in [0.05, 0.1) is 12.3 Å². The number of phenols is 1. The van der Waals surface area contributed by atoms with E-state index in [4.69, 9.17) is 9.47 Å². The number of amides is 1. The zero-order chi connectivity index (χ0) is 17.8. The molecule has 23 heavy (non-hydrogen) atoms. The number of aromatic carboxylic acids is 1. The van der Waals surface area contributed by atoms with Crippen molar-refractivity contribution in [2.75, 3.05) is 11.9 Å². The zero-order valence-corrected chi connectivity index (χ0v) is 13.3. The maximum absolute atomic E-state index is 11.9. The molecule has 8 heteroatoms. The number of anilines is 1. The number of esters is 1. The van der Waals surface area contributed by atoms with Crippen molar-refractivity contribution >= 4 is 23.7 Å². The van der Waals surface area contributed by atoms with E-state index < -0.39 is 40.5 Å². The van der Waals surface area contributed by atoms with Gasteiger partial charge in [0.1, 0.15) is 22.5 Å². The predicted molar refractivity (Wildman–Crippen MR) is 80.9 cm³/mol. The summed E-state index contributed by atoms with van der Waals surface area (Å²) in [6.07, 6.45) is -0.888. The number of nitrogens with one attached hydrogen (secondary N) is 1. The highest BCUT2D eigenvalue weighted by Gasteiger charge is 2.27. The quantitative estimate of drug-likeness (QED) is 0.574. The van der Waals surface area contributed by atoms with Gasteiger partial charge < -0.3 is 19.7 Å². The van der Waals surface area contributed by atoms with Crippen molar-refractivity contribution in [3.8, 4) is 5.75 Å². The van der Waals surface area contributed by atoms with Gasteiger partial charge in [-0.2, -0.15) is 0 Å². The van der Waals surface area contributed by atoms with E-state index in [1.54, 1.807) is 20.8 Å². The molecule has 0 heterocycles. The first-order valence-electron chi connectivity index (χ1n) is 6.83. The van der Waals surface area contributed by atoms with E-state index in [9.17, 15) is 24.6 Å². The average Bonchev–Trinajstić information content (AvgIpc) is 2.37. The molecule has 0 aliphatic heterocycles.